The van der Waals surface area contributed by atoms with Crippen molar-refractivity contribution in [3.05, 3.63) is 29.3 Å². The second-order valence-electron chi connectivity index (χ2n) is 4.15. The number of amides is 1. The minimum Gasteiger partial charge on any atom is -0.496 e. The molecule has 0 aliphatic carbocycles. The van der Waals surface area contributed by atoms with Crippen LogP contribution in [-0.4, -0.2) is 31.0 Å². The number of hydrogen-bond donors (Lipinski definition) is 0. The lowest BCUT2D eigenvalue weighted by Crippen LogP contribution is -2.28. The van der Waals surface area contributed by atoms with Gasteiger partial charge in [-0.3, -0.25) is 4.79 Å². The highest BCUT2D eigenvalue weighted by Gasteiger charge is 2.23. The van der Waals surface area contributed by atoms with Crippen LogP contribution in [0.3, 0.4) is 0 Å². The Labute approximate surface area is 96.0 Å². The van der Waals surface area contributed by atoms with Gasteiger partial charge in [0, 0.05) is 13.1 Å². The summed E-state index contributed by atoms with van der Waals surface area (Å²) >= 11 is 0. The average molecular weight is 219 g/mol. The molecule has 0 N–H and O–H groups in total. The van der Waals surface area contributed by atoms with Gasteiger partial charge in [0.25, 0.3) is 5.91 Å². The van der Waals surface area contributed by atoms with Gasteiger partial charge in [-0.15, -0.1) is 0 Å². The van der Waals surface area contributed by atoms with Crippen molar-refractivity contribution in [1.82, 2.24) is 4.90 Å². The first kappa shape index (κ1) is 11.0. The number of benzene rings is 1. The third-order valence-corrected chi connectivity index (χ3v) is 3.06. The monoisotopic (exact) mass is 219 g/mol. The van der Waals surface area contributed by atoms with Gasteiger partial charge in [-0.1, -0.05) is 12.1 Å². The van der Waals surface area contributed by atoms with E-state index >= 15 is 0 Å². The quantitative estimate of drug-likeness (QED) is 0.763. The molecular formula is C13H17NO2. The summed E-state index contributed by atoms with van der Waals surface area (Å²) < 4.78 is 5.26. The molecule has 1 amide bonds. The predicted octanol–water partition coefficient (Wildman–Crippen LogP) is 2.24. The summed E-state index contributed by atoms with van der Waals surface area (Å²) in [5, 5.41) is 0. The van der Waals surface area contributed by atoms with Crippen LogP contribution in [0, 0.1) is 6.92 Å². The van der Waals surface area contributed by atoms with Crippen molar-refractivity contribution >= 4 is 5.91 Å². The Morgan fingerprint density at radius 2 is 2.00 bits per heavy atom. The first-order chi connectivity index (χ1) is 7.74. The summed E-state index contributed by atoms with van der Waals surface area (Å²) in [6, 6.07) is 5.71. The molecule has 3 heteroatoms. The highest BCUT2D eigenvalue weighted by atomic mass is 16.5. The van der Waals surface area contributed by atoms with Crippen molar-refractivity contribution in [2.24, 2.45) is 0 Å². The molecule has 0 radical (unpaired) electrons. The van der Waals surface area contributed by atoms with E-state index in [-0.39, 0.29) is 5.91 Å². The molecule has 1 aromatic carbocycles. The number of hydrogen-bond acceptors (Lipinski definition) is 2. The van der Waals surface area contributed by atoms with Gasteiger partial charge in [0.2, 0.25) is 0 Å². The van der Waals surface area contributed by atoms with Gasteiger partial charge in [-0.05, 0) is 31.4 Å². The van der Waals surface area contributed by atoms with Gasteiger partial charge in [0.1, 0.15) is 5.75 Å². The van der Waals surface area contributed by atoms with Crippen molar-refractivity contribution in [3.8, 4) is 5.75 Å². The van der Waals surface area contributed by atoms with Crippen molar-refractivity contribution in [2.45, 2.75) is 19.8 Å². The molecule has 1 aliphatic rings. The van der Waals surface area contributed by atoms with Gasteiger partial charge < -0.3 is 9.64 Å². The summed E-state index contributed by atoms with van der Waals surface area (Å²) in [5.74, 6) is 0.782. The van der Waals surface area contributed by atoms with E-state index in [4.69, 9.17) is 4.74 Å². The van der Waals surface area contributed by atoms with E-state index in [0.29, 0.717) is 11.3 Å². The normalized spacial score (nSPS) is 15.2. The number of methoxy groups -OCH3 is 1. The van der Waals surface area contributed by atoms with E-state index in [1.807, 2.05) is 30.0 Å². The zero-order valence-electron chi connectivity index (χ0n) is 9.82. The lowest BCUT2D eigenvalue weighted by Gasteiger charge is -2.18. The SMILES string of the molecule is COc1cccc(C)c1C(=O)N1CCCC1. The van der Waals surface area contributed by atoms with E-state index in [1.165, 1.54) is 0 Å². The summed E-state index contributed by atoms with van der Waals surface area (Å²) in [7, 11) is 1.61. The number of carbonyl (C=O) groups excluding carboxylic acids is 1. The molecule has 0 aromatic heterocycles. The van der Waals surface area contributed by atoms with Gasteiger partial charge in [0.05, 0.1) is 12.7 Å². The van der Waals surface area contributed by atoms with Crippen LogP contribution in [0.15, 0.2) is 18.2 Å². The molecule has 0 bridgehead atoms. The molecular weight excluding hydrogens is 202 g/mol. The van der Waals surface area contributed by atoms with Crippen LogP contribution in [0.25, 0.3) is 0 Å². The number of nitrogens with zero attached hydrogens (tertiary/aromatic N) is 1. The third kappa shape index (κ3) is 1.90. The molecule has 1 aliphatic heterocycles. The minimum atomic E-state index is 0.104. The Balaban J connectivity index is 2.34. The van der Waals surface area contributed by atoms with Crippen LogP contribution in [0.5, 0.6) is 5.75 Å². The van der Waals surface area contributed by atoms with Crippen molar-refractivity contribution < 1.29 is 9.53 Å². The number of carbonyl (C=O) groups is 1. The second-order valence-corrected chi connectivity index (χ2v) is 4.15. The van der Waals surface area contributed by atoms with Gasteiger partial charge in [-0.2, -0.15) is 0 Å². The van der Waals surface area contributed by atoms with E-state index in [9.17, 15) is 4.79 Å². The molecule has 1 aromatic rings. The Morgan fingerprint density at radius 3 is 2.62 bits per heavy atom. The zero-order valence-corrected chi connectivity index (χ0v) is 9.82. The Morgan fingerprint density at radius 1 is 1.31 bits per heavy atom. The fraction of sp³-hybridized carbons (Fsp3) is 0.462. The molecule has 1 fully saturated rings. The minimum absolute atomic E-state index is 0.104. The van der Waals surface area contributed by atoms with Crippen molar-refractivity contribution in [1.29, 1.82) is 0 Å². The van der Waals surface area contributed by atoms with Gasteiger partial charge >= 0.3 is 0 Å². The highest BCUT2D eigenvalue weighted by Crippen LogP contribution is 2.24. The van der Waals surface area contributed by atoms with Crippen LogP contribution in [0.4, 0.5) is 0 Å². The molecule has 0 spiro atoms. The van der Waals surface area contributed by atoms with Gasteiger partial charge in [-0.25, -0.2) is 0 Å². The second kappa shape index (κ2) is 4.56. The van der Waals surface area contributed by atoms with E-state index in [2.05, 4.69) is 0 Å². The number of likely N-dealkylation sites (tertiary alicyclic amines) is 1. The van der Waals surface area contributed by atoms with Crippen molar-refractivity contribution in [2.75, 3.05) is 20.2 Å². The maximum Gasteiger partial charge on any atom is 0.257 e. The fourth-order valence-electron chi connectivity index (χ4n) is 2.16. The molecule has 2 rings (SSSR count). The smallest absolute Gasteiger partial charge is 0.257 e. The molecule has 1 saturated heterocycles. The maximum atomic E-state index is 12.3. The van der Waals surface area contributed by atoms with Crippen LogP contribution in [0.2, 0.25) is 0 Å². The van der Waals surface area contributed by atoms with Crippen LogP contribution in [0.1, 0.15) is 28.8 Å². The standard InChI is InChI=1S/C13H17NO2/c1-10-6-5-7-11(16-2)12(10)13(15)14-8-3-4-9-14/h5-7H,3-4,8-9H2,1-2H3. The molecule has 0 atom stereocenters. The van der Waals surface area contributed by atoms with E-state index < -0.39 is 0 Å². The maximum absolute atomic E-state index is 12.3. The van der Waals surface area contributed by atoms with Crippen LogP contribution in [-0.2, 0) is 0 Å². The first-order valence-corrected chi connectivity index (χ1v) is 5.67. The predicted molar refractivity (Wildman–Crippen MR) is 62.9 cm³/mol. The topological polar surface area (TPSA) is 29.5 Å². The molecule has 3 nitrogen and oxygen atoms in total. The lowest BCUT2D eigenvalue weighted by atomic mass is 10.1. The Kier molecular flexibility index (Phi) is 3.13. The number of aryl methyl sites for hydroxylation is 1. The largest absolute Gasteiger partial charge is 0.496 e. The number of ether oxygens (including phenoxy) is 1. The molecule has 16 heavy (non-hydrogen) atoms. The lowest BCUT2D eigenvalue weighted by molar-refractivity contribution is 0.0788. The van der Waals surface area contributed by atoms with E-state index in [0.717, 1.165) is 31.5 Å². The molecule has 86 valence electrons. The molecule has 1 heterocycles. The fourth-order valence-corrected chi connectivity index (χ4v) is 2.16. The van der Waals surface area contributed by atoms with Gasteiger partial charge in [0.15, 0.2) is 0 Å². The number of rotatable bonds is 2. The summed E-state index contributed by atoms with van der Waals surface area (Å²) in [4.78, 5) is 14.2. The van der Waals surface area contributed by atoms with Crippen LogP contribution >= 0.6 is 0 Å². The van der Waals surface area contributed by atoms with Crippen molar-refractivity contribution in [3.63, 3.8) is 0 Å². The Hall–Kier alpha value is -1.51. The Bertz CT molecular complexity index is 395. The average Bonchev–Trinajstić information content (AvgIpc) is 2.81. The zero-order chi connectivity index (χ0) is 11.5. The molecule has 0 saturated carbocycles. The van der Waals surface area contributed by atoms with E-state index in [1.54, 1.807) is 7.11 Å². The third-order valence-electron chi connectivity index (χ3n) is 3.06. The summed E-state index contributed by atoms with van der Waals surface area (Å²) in [5.41, 5.74) is 1.70. The summed E-state index contributed by atoms with van der Waals surface area (Å²) in [6.07, 6.45) is 2.22. The highest BCUT2D eigenvalue weighted by molar-refractivity contribution is 5.98. The van der Waals surface area contributed by atoms with Crippen LogP contribution < -0.4 is 4.74 Å². The first-order valence-electron chi connectivity index (χ1n) is 5.67. The summed E-state index contributed by atoms with van der Waals surface area (Å²) in [6.45, 7) is 3.69. The molecule has 0 unspecified atom stereocenters.